The maximum absolute atomic E-state index is 13.0. The van der Waals surface area contributed by atoms with E-state index in [9.17, 15) is 13.2 Å². The Morgan fingerprint density at radius 1 is 0.848 bits per heavy atom. The second-order valence-corrected chi connectivity index (χ2v) is 9.15. The summed E-state index contributed by atoms with van der Waals surface area (Å²) in [6, 6.07) is 25.0. The number of anilines is 2. The van der Waals surface area contributed by atoms with Gasteiger partial charge < -0.3 is 9.73 Å². The lowest BCUT2D eigenvalue weighted by Crippen LogP contribution is -2.15. The number of furan rings is 1. The van der Waals surface area contributed by atoms with Crippen LogP contribution in [-0.2, 0) is 14.8 Å². The number of amides is 1. The predicted octanol–water partition coefficient (Wildman–Crippen LogP) is 5.91. The highest BCUT2D eigenvalue weighted by atomic mass is 35.5. The van der Waals surface area contributed by atoms with Gasteiger partial charge in [-0.05, 0) is 66.2 Å². The fraction of sp³-hybridized carbons (Fsp3) is 0. The van der Waals surface area contributed by atoms with Gasteiger partial charge in [-0.3, -0.25) is 9.52 Å². The zero-order valence-corrected chi connectivity index (χ0v) is 18.8. The van der Waals surface area contributed by atoms with Crippen molar-refractivity contribution < 1.29 is 17.6 Å². The standard InChI is InChI=1S/C25H19ClN2O4S/c26-19-8-4-9-21(16-19)28-33(30,31)23-13-11-20(12-14-23)27-25(29)24(17-22-10-5-15-32-22)18-6-2-1-3-7-18/h1-17,28H,(H,27,29). The minimum Gasteiger partial charge on any atom is -0.465 e. The number of benzene rings is 3. The molecule has 2 N–H and O–H groups in total. The molecule has 0 saturated carbocycles. The zero-order chi connectivity index (χ0) is 23.3. The Bertz CT molecular complexity index is 1380. The summed E-state index contributed by atoms with van der Waals surface area (Å²) in [5.74, 6) is 0.183. The molecule has 1 heterocycles. The fourth-order valence-corrected chi connectivity index (χ4v) is 4.34. The van der Waals surface area contributed by atoms with Crippen molar-refractivity contribution in [1.29, 1.82) is 0 Å². The van der Waals surface area contributed by atoms with Crippen LogP contribution in [0.5, 0.6) is 0 Å². The first-order chi connectivity index (χ1) is 15.9. The second kappa shape index (κ2) is 9.77. The summed E-state index contributed by atoms with van der Waals surface area (Å²) in [5, 5.41) is 3.23. The monoisotopic (exact) mass is 478 g/mol. The minimum absolute atomic E-state index is 0.0508. The first-order valence-corrected chi connectivity index (χ1v) is 11.8. The molecule has 3 aromatic carbocycles. The van der Waals surface area contributed by atoms with Crippen molar-refractivity contribution in [2.24, 2.45) is 0 Å². The van der Waals surface area contributed by atoms with E-state index in [-0.39, 0.29) is 10.8 Å². The highest BCUT2D eigenvalue weighted by Crippen LogP contribution is 2.23. The molecular weight excluding hydrogens is 460 g/mol. The van der Waals surface area contributed by atoms with Crippen molar-refractivity contribution in [3.63, 3.8) is 0 Å². The number of hydrogen-bond donors (Lipinski definition) is 2. The predicted molar refractivity (Wildman–Crippen MR) is 130 cm³/mol. The molecule has 1 amide bonds. The van der Waals surface area contributed by atoms with Gasteiger partial charge in [0.1, 0.15) is 5.76 Å². The SMILES string of the molecule is O=C(Nc1ccc(S(=O)(=O)Nc2cccc(Cl)c2)cc1)C(=Cc1ccco1)c1ccccc1. The van der Waals surface area contributed by atoms with Crippen molar-refractivity contribution in [2.45, 2.75) is 4.90 Å². The normalized spacial score (nSPS) is 11.7. The van der Waals surface area contributed by atoms with Gasteiger partial charge in [-0.2, -0.15) is 0 Å². The molecular formula is C25H19ClN2O4S. The number of hydrogen-bond acceptors (Lipinski definition) is 4. The molecule has 8 heteroatoms. The first-order valence-electron chi connectivity index (χ1n) is 9.91. The van der Waals surface area contributed by atoms with Crippen molar-refractivity contribution in [3.05, 3.63) is 114 Å². The molecule has 0 aliphatic heterocycles. The molecule has 1 aromatic heterocycles. The largest absolute Gasteiger partial charge is 0.465 e. The van der Waals surface area contributed by atoms with Crippen LogP contribution in [-0.4, -0.2) is 14.3 Å². The first kappa shape index (κ1) is 22.4. The molecule has 0 spiro atoms. The third kappa shape index (κ3) is 5.71. The molecule has 0 aliphatic carbocycles. The third-order valence-electron chi connectivity index (χ3n) is 4.66. The fourth-order valence-electron chi connectivity index (χ4n) is 3.10. The van der Waals surface area contributed by atoms with Gasteiger partial charge in [0.25, 0.3) is 15.9 Å². The highest BCUT2D eigenvalue weighted by Gasteiger charge is 2.16. The van der Waals surface area contributed by atoms with Gasteiger partial charge in [0, 0.05) is 10.7 Å². The Morgan fingerprint density at radius 3 is 2.27 bits per heavy atom. The minimum atomic E-state index is -3.81. The van der Waals surface area contributed by atoms with Crippen LogP contribution < -0.4 is 10.0 Å². The lowest BCUT2D eigenvalue weighted by Gasteiger charge is -2.11. The van der Waals surface area contributed by atoms with Gasteiger partial charge in [-0.1, -0.05) is 48.0 Å². The smallest absolute Gasteiger partial charge is 0.261 e. The molecule has 0 unspecified atom stereocenters. The summed E-state index contributed by atoms with van der Waals surface area (Å²) < 4.78 is 33.2. The maximum atomic E-state index is 13.0. The van der Waals surface area contributed by atoms with Crippen LogP contribution in [0.1, 0.15) is 11.3 Å². The highest BCUT2D eigenvalue weighted by molar-refractivity contribution is 7.92. The van der Waals surface area contributed by atoms with E-state index >= 15 is 0 Å². The van der Waals surface area contributed by atoms with E-state index in [0.717, 1.165) is 5.56 Å². The van der Waals surface area contributed by atoms with E-state index < -0.39 is 10.0 Å². The van der Waals surface area contributed by atoms with Crippen molar-refractivity contribution >= 4 is 50.6 Å². The molecule has 6 nitrogen and oxygen atoms in total. The van der Waals surface area contributed by atoms with E-state index in [2.05, 4.69) is 10.0 Å². The lowest BCUT2D eigenvalue weighted by atomic mass is 10.0. The Kier molecular flexibility index (Phi) is 6.63. The molecule has 0 aliphatic rings. The molecule has 0 radical (unpaired) electrons. The van der Waals surface area contributed by atoms with Crippen LogP contribution in [0.15, 0.2) is 107 Å². The van der Waals surface area contributed by atoms with Crippen LogP contribution in [0.25, 0.3) is 11.6 Å². The van der Waals surface area contributed by atoms with E-state index in [1.807, 2.05) is 30.3 Å². The van der Waals surface area contributed by atoms with Crippen LogP contribution in [0.4, 0.5) is 11.4 Å². The zero-order valence-electron chi connectivity index (χ0n) is 17.2. The van der Waals surface area contributed by atoms with E-state index in [4.69, 9.17) is 16.0 Å². The van der Waals surface area contributed by atoms with E-state index in [1.54, 1.807) is 36.4 Å². The van der Waals surface area contributed by atoms with Crippen LogP contribution >= 0.6 is 11.6 Å². The van der Waals surface area contributed by atoms with E-state index in [1.165, 1.54) is 36.6 Å². The van der Waals surface area contributed by atoms with E-state index in [0.29, 0.717) is 27.7 Å². The quantitative estimate of drug-likeness (QED) is 0.323. The summed E-state index contributed by atoms with van der Waals surface area (Å²) in [7, 11) is -3.81. The summed E-state index contributed by atoms with van der Waals surface area (Å²) in [4.78, 5) is 13.1. The molecule has 4 aromatic rings. The van der Waals surface area contributed by atoms with Crippen molar-refractivity contribution in [2.75, 3.05) is 10.0 Å². The van der Waals surface area contributed by atoms with Crippen LogP contribution in [0.3, 0.4) is 0 Å². The average Bonchev–Trinajstić information content (AvgIpc) is 3.31. The Labute approximate surface area is 196 Å². The second-order valence-electron chi connectivity index (χ2n) is 7.03. The van der Waals surface area contributed by atoms with Gasteiger partial charge in [-0.25, -0.2) is 8.42 Å². The van der Waals surface area contributed by atoms with Gasteiger partial charge in [0.05, 0.1) is 22.4 Å². The van der Waals surface area contributed by atoms with Crippen LogP contribution in [0, 0.1) is 0 Å². The van der Waals surface area contributed by atoms with Crippen molar-refractivity contribution in [1.82, 2.24) is 0 Å². The van der Waals surface area contributed by atoms with Gasteiger partial charge in [0.15, 0.2) is 0 Å². The molecule has 0 bridgehead atoms. The molecule has 166 valence electrons. The van der Waals surface area contributed by atoms with Crippen LogP contribution in [0.2, 0.25) is 5.02 Å². The lowest BCUT2D eigenvalue weighted by molar-refractivity contribution is -0.111. The summed E-state index contributed by atoms with van der Waals surface area (Å²) >= 11 is 5.92. The summed E-state index contributed by atoms with van der Waals surface area (Å²) in [6.45, 7) is 0. The Balaban J connectivity index is 1.53. The summed E-state index contributed by atoms with van der Waals surface area (Å²) in [6.07, 6.45) is 3.18. The number of carbonyl (C=O) groups is 1. The number of halogens is 1. The topological polar surface area (TPSA) is 88.4 Å². The molecule has 0 atom stereocenters. The molecule has 4 rings (SSSR count). The molecule has 33 heavy (non-hydrogen) atoms. The Morgan fingerprint density at radius 2 is 1.61 bits per heavy atom. The number of sulfonamides is 1. The van der Waals surface area contributed by atoms with Gasteiger partial charge >= 0.3 is 0 Å². The summed E-state index contributed by atoms with van der Waals surface area (Å²) in [5.41, 5.74) is 1.93. The third-order valence-corrected chi connectivity index (χ3v) is 6.29. The number of rotatable bonds is 7. The number of carbonyl (C=O) groups excluding carboxylic acids is 1. The van der Waals surface area contributed by atoms with Gasteiger partial charge in [-0.15, -0.1) is 0 Å². The Hall–Kier alpha value is -3.81. The van der Waals surface area contributed by atoms with Crippen molar-refractivity contribution in [3.8, 4) is 0 Å². The molecule has 0 fully saturated rings. The number of nitrogens with one attached hydrogen (secondary N) is 2. The maximum Gasteiger partial charge on any atom is 0.261 e. The van der Waals surface area contributed by atoms with Gasteiger partial charge in [0.2, 0.25) is 0 Å². The average molecular weight is 479 g/mol. The molecule has 0 saturated heterocycles.